The van der Waals surface area contributed by atoms with Crippen LogP contribution in [0.25, 0.3) is 0 Å². The maximum atomic E-state index is 8.83. The van der Waals surface area contributed by atoms with E-state index in [1.807, 2.05) is 37.3 Å². The van der Waals surface area contributed by atoms with Gasteiger partial charge in [0, 0.05) is 11.4 Å². The number of benzene rings is 2. The third-order valence-electron chi connectivity index (χ3n) is 2.80. The van der Waals surface area contributed by atoms with E-state index in [0.717, 1.165) is 22.7 Å². The maximum Gasteiger partial charge on any atom is 0.119 e. The molecule has 2 rings (SSSR count). The number of hydrogen-bond donors (Lipinski definition) is 1. The van der Waals surface area contributed by atoms with Crippen molar-refractivity contribution < 1.29 is 4.74 Å². The van der Waals surface area contributed by atoms with Crippen LogP contribution in [0.15, 0.2) is 36.4 Å². The summed E-state index contributed by atoms with van der Waals surface area (Å²) in [5.74, 6) is 0.820. The minimum Gasteiger partial charge on any atom is -0.497 e. The third kappa shape index (κ3) is 2.98. The van der Waals surface area contributed by atoms with Gasteiger partial charge in [-0.15, -0.1) is 0 Å². The molecule has 0 amide bonds. The van der Waals surface area contributed by atoms with Crippen molar-refractivity contribution >= 4 is 23.0 Å². The summed E-state index contributed by atoms with van der Waals surface area (Å²) < 4.78 is 5.16. The van der Waals surface area contributed by atoms with Gasteiger partial charge in [0.2, 0.25) is 0 Å². The first kappa shape index (κ1) is 13.3. The second-order valence-corrected chi connectivity index (χ2v) is 4.52. The van der Waals surface area contributed by atoms with Gasteiger partial charge >= 0.3 is 0 Å². The molecule has 96 valence electrons. The lowest BCUT2D eigenvalue weighted by Gasteiger charge is -2.11. The second-order valence-electron chi connectivity index (χ2n) is 4.11. The first-order valence-electron chi connectivity index (χ1n) is 5.75. The summed E-state index contributed by atoms with van der Waals surface area (Å²) in [6, 6.07) is 13.1. The number of halogens is 1. The zero-order valence-electron chi connectivity index (χ0n) is 10.7. The third-order valence-corrected chi connectivity index (χ3v) is 3.11. The van der Waals surface area contributed by atoms with Gasteiger partial charge in [-0.25, -0.2) is 0 Å². The van der Waals surface area contributed by atoms with Gasteiger partial charge in [0.05, 0.1) is 17.7 Å². The highest BCUT2D eigenvalue weighted by molar-refractivity contribution is 6.32. The standard InChI is InChI=1S/C15H13ClN2O/c1-10-7-13(19-2)5-6-15(10)18-12-4-3-11(9-17)14(16)8-12/h3-8,18H,1-2H3. The van der Waals surface area contributed by atoms with E-state index in [0.29, 0.717) is 10.6 Å². The van der Waals surface area contributed by atoms with Gasteiger partial charge < -0.3 is 10.1 Å². The largest absolute Gasteiger partial charge is 0.497 e. The van der Waals surface area contributed by atoms with Crippen molar-refractivity contribution in [1.82, 2.24) is 0 Å². The highest BCUT2D eigenvalue weighted by Gasteiger charge is 2.04. The lowest BCUT2D eigenvalue weighted by molar-refractivity contribution is 0.414. The molecule has 2 aromatic rings. The number of hydrogen-bond acceptors (Lipinski definition) is 3. The van der Waals surface area contributed by atoms with E-state index in [2.05, 4.69) is 5.32 Å². The Hall–Kier alpha value is -2.18. The molecule has 0 heterocycles. The van der Waals surface area contributed by atoms with Crippen LogP contribution >= 0.6 is 11.6 Å². The summed E-state index contributed by atoms with van der Waals surface area (Å²) in [4.78, 5) is 0. The molecule has 2 aromatic carbocycles. The molecular weight excluding hydrogens is 260 g/mol. The van der Waals surface area contributed by atoms with E-state index in [-0.39, 0.29) is 0 Å². The Morgan fingerprint density at radius 2 is 2.00 bits per heavy atom. The van der Waals surface area contributed by atoms with Crippen molar-refractivity contribution in [3.05, 3.63) is 52.5 Å². The van der Waals surface area contributed by atoms with Crippen LogP contribution in [-0.4, -0.2) is 7.11 Å². The molecule has 4 heteroatoms. The van der Waals surface area contributed by atoms with Gasteiger partial charge in [0.1, 0.15) is 11.8 Å². The minimum atomic E-state index is 0.443. The Kier molecular flexibility index (Phi) is 3.94. The molecule has 19 heavy (non-hydrogen) atoms. The SMILES string of the molecule is COc1ccc(Nc2ccc(C#N)c(Cl)c2)c(C)c1. The average Bonchev–Trinajstić information content (AvgIpc) is 2.41. The molecule has 0 aliphatic rings. The van der Waals surface area contributed by atoms with Crippen molar-refractivity contribution in [2.75, 3.05) is 12.4 Å². The Morgan fingerprint density at radius 1 is 1.21 bits per heavy atom. The van der Waals surface area contributed by atoms with E-state index in [1.165, 1.54) is 0 Å². The summed E-state index contributed by atoms with van der Waals surface area (Å²) in [5.41, 5.74) is 3.36. The Labute approximate surface area is 117 Å². The van der Waals surface area contributed by atoms with Crippen molar-refractivity contribution in [2.45, 2.75) is 6.92 Å². The molecule has 3 nitrogen and oxygen atoms in total. The van der Waals surface area contributed by atoms with Crippen molar-refractivity contribution in [3.8, 4) is 11.8 Å². The maximum absolute atomic E-state index is 8.83. The first-order valence-corrected chi connectivity index (χ1v) is 6.13. The number of anilines is 2. The lowest BCUT2D eigenvalue weighted by atomic mass is 10.1. The molecule has 0 aliphatic carbocycles. The van der Waals surface area contributed by atoms with Crippen molar-refractivity contribution in [3.63, 3.8) is 0 Å². The average molecular weight is 273 g/mol. The monoisotopic (exact) mass is 272 g/mol. The van der Waals surface area contributed by atoms with Gasteiger partial charge in [0.15, 0.2) is 0 Å². The number of nitrogens with one attached hydrogen (secondary N) is 1. The molecule has 0 saturated carbocycles. The van der Waals surface area contributed by atoms with E-state index < -0.39 is 0 Å². The number of nitriles is 1. The fraction of sp³-hybridized carbons (Fsp3) is 0.133. The smallest absolute Gasteiger partial charge is 0.119 e. The van der Waals surface area contributed by atoms with E-state index in [4.69, 9.17) is 21.6 Å². The molecule has 0 bridgehead atoms. The first-order chi connectivity index (χ1) is 9.13. The quantitative estimate of drug-likeness (QED) is 0.907. The van der Waals surface area contributed by atoms with Crippen molar-refractivity contribution in [2.24, 2.45) is 0 Å². The highest BCUT2D eigenvalue weighted by atomic mass is 35.5. The summed E-state index contributed by atoms with van der Waals surface area (Å²) in [6.07, 6.45) is 0. The normalized spacial score (nSPS) is 9.79. The number of methoxy groups -OCH3 is 1. The molecule has 0 aromatic heterocycles. The van der Waals surface area contributed by atoms with E-state index >= 15 is 0 Å². The van der Waals surface area contributed by atoms with Crippen LogP contribution in [0.5, 0.6) is 5.75 Å². The second kappa shape index (κ2) is 5.64. The molecule has 0 aliphatic heterocycles. The van der Waals surface area contributed by atoms with Gasteiger partial charge in [-0.3, -0.25) is 0 Å². The molecule has 0 saturated heterocycles. The zero-order chi connectivity index (χ0) is 13.8. The van der Waals surface area contributed by atoms with Crippen LogP contribution in [0.2, 0.25) is 5.02 Å². The topological polar surface area (TPSA) is 45.0 Å². The number of nitrogens with zero attached hydrogens (tertiary/aromatic N) is 1. The summed E-state index contributed by atoms with van der Waals surface area (Å²) in [6.45, 7) is 2.00. The number of rotatable bonds is 3. The van der Waals surface area contributed by atoms with Crippen LogP contribution in [0, 0.1) is 18.3 Å². The Morgan fingerprint density at radius 3 is 2.58 bits per heavy atom. The molecule has 0 atom stereocenters. The van der Waals surface area contributed by atoms with Crippen LogP contribution in [0.4, 0.5) is 11.4 Å². The fourth-order valence-corrected chi connectivity index (χ4v) is 1.97. The minimum absolute atomic E-state index is 0.443. The van der Waals surface area contributed by atoms with Gasteiger partial charge in [0.25, 0.3) is 0 Å². The summed E-state index contributed by atoms with van der Waals surface area (Å²) >= 11 is 6.00. The predicted molar refractivity (Wildman–Crippen MR) is 77.2 cm³/mol. The van der Waals surface area contributed by atoms with E-state index in [1.54, 1.807) is 19.2 Å². The van der Waals surface area contributed by atoms with Crippen LogP contribution < -0.4 is 10.1 Å². The van der Waals surface area contributed by atoms with Crippen LogP contribution in [-0.2, 0) is 0 Å². The highest BCUT2D eigenvalue weighted by Crippen LogP contribution is 2.27. The molecule has 0 unspecified atom stereocenters. The van der Waals surface area contributed by atoms with Crippen LogP contribution in [0.3, 0.4) is 0 Å². The van der Waals surface area contributed by atoms with Gasteiger partial charge in [-0.05, 0) is 48.9 Å². The number of aryl methyl sites for hydroxylation is 1. The molecule has 0 radical (unpaired) electrons. The Bertz CT molecular complexity index is 647. The summed E-state index contributed by atoms with van der Waals surface area (Å²) in [5, 5.41) is 12.5. The van der Waals surface area contributed by atoms with E-state index in [9.17, 15) is 0 Å². The predicted octanol–water partition coefficient (Wildman–Crippen LogP) is 4.27. The summed E-state index contributed by atoms with van der Waals surface area (Å²) in [7, 11) is 1.64. The van der Waals surface area contributed by atoms with Gasteiger partial charge in [-0.1, -0.05) is 11.6 Å². The van der Waals surface area contributed by atoms with Gasteiger partial charge in [-0.2, -0.15) is 5.26 Å². The lowest BCUT2D eigenvalue weighted by Crippen LogP contribution is -1.94. The Balaban J connectivity index is 2.26. The molecule has 1 N–H and O–H groups in total. The molecular formula is C15H13ClN2O. The fourth-order valence-electron chi connectivity index (χ4n) is 1.74. The zero-order valence-corrected chi connectivity index (χ0v) is 11.5. The number of ether oxygens (including phenoxy) is 1. The molecule has 0 fully saturated rings. The van der Waals surface area contributed by atoms with Crippen molar-refractivity contribution in [1.29, 1.82) is 5.26 Å². The molecule has 0 spiro atoms. The van der Waals surface area contributed by atoms with Crippen LogP contribution in [0.1, 0.15) is 11.1 Å².